The SMILES string of the molecule is CC(CN)(NC(=O)c1ccccc1I)C1CC1.Cl. The molecule has 18 heavy (non-hydrogen) atoms. The van der Waals surface area contributed by atoms with E-state index in [2.05, 4.69) is 27.9 Å². The molecule has 0 spiro atoms. The molecule has 1 saturated carbocycles. The Morgan fingerprint density at radius 3 is 2.61 bits per heavy atom. The Morgan fingerprint density at radius 2 is 2.11 bits per heavy atom. The highest BCUT2D eigenvalue weighted by atomic mass is 127. The van der Waals surface area contributed by atoms with Gasteiger partial charge in [-0.2, -0.15) is 0 Å². The van der Waals surface area contributed by atoms with Crippen molar-refractivity contribution < 1.29 is 4.79 Å². The van der Waals surface area contributed by atoms with Gasteiger partial charge in [0.1, 0.15) is 0 Å². The number of benzene rings is 1. The molecular weight excluding hydrogens is 363 g/mol. The molecule has 1 amide bonds. The van der Waals surface area contributed by atoms with E-state index in [1.54, 1.807) is 0 Å². The highest BCUT2D eigenvalue weighted by Gasteiger charge is 2.41. The van der Waals surface area contributed by atoms with Gasteiger partial charge in [-0.1, -0.05) is 12.1 Å². The molecule has 0 saturated heterocycles. The standard InChI is InChI=1S/C13H17IN2O.ClH/c1-13(8-15,9-6-7-9)16-12(17)10-4-2-3-5-11(10)14;/h2-5,9H,6-8,15H2,1H3,(H,16,17);1H. The van der Waals surface area contributed by atoms with Crippen molar-refractivity contribution in [1.82, 2.24) is 5.32 Å². The van der Waals surface area contributed by atoms with Gasteiger partial charge in [-0.15, -0.1) is 12.4 Å². The third-order valence-corrected chi connectivity index (χ3v) is 4.36. The molecule has 3 N–H and O–H groups in total. The Labute approximate surface area is 127 Å². The molecule has 1 aromatic rings. The molecule has 1 aromatic carbocycles. The molecule has 1 unspecified atom stereocenters. The van der Waals surface area contributed by atoms with Gasteiger partial charge in [-0.3, -0.25) is 4.79 Å². The van der Waals surface area contributed by atoms with Crippen LogP contribution in [0.1, 0.15) is 30.1 Å². The summed E-state index contributed by atoms with van der Waals surface area (Å²) < 4.78 is 0.970. The summed E-state index contributed by atoms with van der Waals surface area (Å²) in [6, 6.07) is 7.60. The van der Waals surface area contributed by atoms with Gasteiger partial charge in [0.2, 0.25) is 0 Å². The first-order chi connectivity index (χ1) is 8.07. The van der Waals surface area contributed by atoms with E-state index in [1.165, 1.54) is 12.8 Å². The number of hydrogen-bond acceptors (Lipinski definition) is 2. The number of nitrogens with one attached hydrogen (secondary N) is 1. The Hall–Kier alpha value is -0.330. The largest absolute Gasteiger partial charge is 0.345 e. The predicted octanol–water partition coefficient (Wildman–Crippen LogP) is 2.57. The second kappa shape index (κ2) is 6.21. The Balaban J connectivity index is 0.00000162. The predicted molar refractivity (Wildman–Crippen MR) is 84.1 cm³/mol. The first-order valence-corrected chi connectivity index (χ1v) is 6.92. The lowest BCUT2D eigenvalue weighted by atomic mass is 9.95. The van der Waals surface area contributed by atoms with Crippen LogP contribution in [-0.2, 0) is 0 Å². The molecule has 0 heterocycles. The van der Waals surface area contributed by atoms with E-state index in [4.69, 9.17) is 5.73 Å². The van der Waals surface area contributed by atoms with Crippen LogP contribution < -0.4 is 11.1 Å². The van der Waals surface area contributed by atoms with Crippen molar-refractivity contribution in [2.24, 2.45) is 11.7 Å². The van der Waals surface area contributed by atoms with E-state index in [0.29, 0.717) is 12.5 Å². The summed E-state index contributed by atoms with van der Waals surface area (Å²) in [5.74, 6) is 0.521. The monoisotopic (exact) mass is 380 g/mol. The molecule has 0 aromatic heterocycles. The highest BCUT2D eigenvalue weighted by Crippen LogP contribution is 2.39. The van der Waals surface area contributed by atoms with Crippen molar-refractivity contribution in [3.8, 4) is 0 Å². The van der Waals surface area contributed by atoms with Gasteiger partial charge in [0.15, 0.2) is 0 Å². The summed E-state index contributed by atoms with van der Waals surface area (Å²) in [4.78, 5) is 12.2. The molecule has 1 atom stereocenters. The molecule has 0 radical (unpaired) electrons. The fourth-order valence-corrected chi connectivity index (χ4v) is 2.64. The minimum absolute atomic E-state index is 0. The lowest BCUT2D eigenvalue weighted by Gasteiger charge is -2.29. The lowest BCUT2D eigenvalue weighted by Crippen LogP contribution is -2.53. The maximum absolute atomic E-state index is 12.2. The van der Waals surface area contributed by atoms with Crippen LogP contribution in [0.3, 0.4) is 0 Å². The molecular formula is C13H18ClIN2O. The van der Waals surface area contributed by atoms with Crippen LogP contribution in [0.15, 0.2) is 24.3 Å². The summed E-state index contributed by atoms with van der Waals surface area (Å²) in [6.45, 7) is 2.53. The maximum Gasteiger partial charge on any atom is 0.252 e. The molecule has 3 nitrogen and oxygen atoms in total. The minimum atomic E-state index is -0.254. The third-order valence-electron chi connectivity index (χ3n) is 3.42. The van der Waals surface area contributed by atoms with Crippen LogP contribution in [0.25, 0.3) is 0 Å². The van der Waals surface area contributed by atoms with Gasteiger partial charge < -0.3 is 11.1 Å². The quantitative estimate of drug-likeness (QED) is 0.789. The van der Waals surface area contributed by atoms with Crippen molar-refractivity contribution in [1.29, 1.82) is 0 Å². The number of carbonyl (C=O) groups excluding carboxylic acids is 1. The van der Waals surface area contributed by atoms with E-state index >= 15 is 0 Å². The van der Waals surface area contributed by atoms with E-state index in [9.17, 15) is 4.79 Å². The first-order valence-electron chi connectivity index (χ1n) is 5.84. The van der Waals surface area contributed by atoms with Gasteiger partial charge in [-0.05, 0) is 60.4 Å². The number of rotatable bonds is 4. The second-order valence-electron chi connectivity index (χ2n) is 4.83. The Morgan fingerprint density at radius 1 is 1.50 bits per heavy atom. The number of nitrogens with two attached hydrogens (primary N) is 1. The van der Waals surface area contributed by atoms with Crippen molar-refractivity contribution in [3.63, 3.8) is 0 Å². The zero-order valence-electron chi connectivity index (χ0n) is 10.3. The first kappa shape index (κ1) is 15.7. The fraction of sp³-hybridized carbons (Fsp3) is 0.462. The van der Waals surface area contributed by atoms with Crippen LogP contribution in [0.4, 0.5) is 0 Å². The number of halogens is 2. The van der Waals surface area contributed by atoms with Crippen LogP contribution in [0, 0.1) is 9.49 Å². The Kier molecular flexibility index (Phi) is 5.43. The fourth-order valence-electron chi connectivity index (χ4n) is 2.01. The van der Waals surface area contributed by atoms with E-state index in [1.807, 2.05) is 31.2 Å². The van der Waals surface area contributed by atoms with Crippen molar-refractivity contribution in [3.05, 3.63) is 33.4 Å². The molecule has 2 rings (SSSR count). The van der Waals surface area contributed by atoms with E-state index in [-0.39, 0.29) is 23.9 Å². The van der Waals surface area contributed by atoms with Gasteiger partial charge in [-0.25, -0.2) is 0 Å². The van der Waals surface area contributed by atoms with Crippen molar-refractivity contribution in [2.75, 3.05) is 6.54 Å². The molecule has 0 bridgehead atoms. The topological polar surface area (TPSA) is 55.1 Å². The summed E-state index contributed by atoms with van der Waals surface area (Å²) in [6.07, 6.45) is 2.33. The molecule has 1 aliphatic rings. The minimum Gasteiger partial charge on any atom is -0.345 e. The molecule has 100 valence electrons. The van der Waals surface area contributed by atoms with Gasteiger partial charge in [0.25, 0.3) is 5.91 Å². The van der Waals surface area contributed by atoms with Crippen LogP contribution in [-0.4, -0.2) is 18.0 Å². The summed E-state index contributed by atoms with van der Waals surface area (Å²) in [5, 5.41) is 3.09. The normalized spacial score (nSPS) is 17.5. The zero-order valence-corrected chi connectivity index (χ0v) is 13.3. The summed E-state index contributed by atoms with van der Waals surface area (Å²) in [7, 11) is 0. The highest BCUT2D eigenvalue weighted by molar-refractivity contribution is 14.1. The number of carbonyl (C=O) groups is 1. The molecule has 0 aliphatic heterocycles. The van der Waals surface area contributed by atoms with Crippen molar-refractivity contribution in [2.45, 2.75) is 25.3 Å². The smallest absolute Gasteiger partial charge is 0.252 e. The average Bonchev–Trinajstić information content (AvgIpc) is 3.13. The molecule has 1 fully saturated rings. The van der Waals surface area contributed by atoms with Crippen molar-refractivity contribution >= 4 is 40.9 Å². The van der Waals surface area contributed by atoms with E-state index < -0.39 is 0 Å². The van der Waals surface area contributed by atoms with E-state index in [0.717, 1.165) is 9.13 Å². The Bertz CT molecular complexity index is 437. The second-order valence-corrected chi connectivity index (χ2v) is 5.99. The lowest BCUT2D eigenvalue weighted by molar-refractivity contribution is 0.0897. The van der Waals surface area contributed by atoms with Crippen LogP contribution in [0.2, 0.25) is 0 Å². The number of amides is 1. The summed E-state index contributed by atoms with van der Waals surface area (Å²) in [5.41, 5.74) is 6.27. The van der Waals surface area contributed by atoms with Gasteiger partial charge >= 0.3 is 0 Å². The van der Waals surface area contributed by atoms with Crippen LogP contribution in [0.5, 0.6) is 0 Å². The van der Waals surface area contributed by atoms with Gasteiger partial charge in [0, 0.05) is 10.1 Å². The van der Waals surface area contributed by atoms with Gasteiger partial charge in [0.05, 0.1) is 11.1 Å². The summed E-state index contributed by atoms with van der Waals surface area (Å²) >= 11 is 2.18. The third kappa shape index (κ3) is 3.36. The van der Waals surface area contributed by atoms with Crippen LogP contribution >= 0.6 is 35.0 Å². The maximum atomic E-state index is 12.2. The average molecular weight is 381 g/mol. The zero-order chi connectivity index (χ0) is 12.5. The molecule has 5 heteroatoms. The molecule has 1 aliphatic carbocycles. The number of hydrogen-bond donors (Lipinski definition) is 2.